The lowest BCUT2D eigenvalue weighted by molar-refractivity contribution is 0.0746. The molecule has 0 unspecified atom stereocenters. The van der Waals surface area contributed by atoms with Crippen LogP contribution in [0.5, 0.6) is 5.75 Å². The fraction of sp³-hybridized carbons (Fsp3) is 0.458. The van der Waals surface area contributed by atoms with Gasteiger partial charge in [0.05, 0.1) is 28.3 Å². The second-order valence-corrected chi connectivity index (χ2v) is 11.2. The summed E-state index contributed by atoms with van der Waals surface area (Å²) >= 11 is 6.11. The highest BCUT2D eigenvalue weighted by molar-refractivity contribution is 7.89. The van der Waals surface area contributed by atoms with Crippen molar-refractivity contribution in [1.29, 1.82) is 0 Å². The molecule has 2 heterocycles. The number of carbonyl (C=O) groups excluding carboxylic acids is 1. The molecule has 184 valence electrons. The van der Waals surface area contributed by atoms with Gasteiger partial charge in [0.15, 0.2) is 0 Å². The normalized spacial score (nSPS) is 19.8. The van der Waals surface area contributed by atoms with Crippen LogP contribution >= 0.6 is 11.6 Å². The quantitative estimate of drug-likeness (QED) is 0.612. The number of benzene rings is 2. The first-order chi connectivity index (χ1) is 16.2. The number of rotatable bonds is 5. The number of carbonyl (C=O) groups is 1. The van der Waals surface area contributed by atoms with Crippen LogP contribution in [0.2, 0.25) is 5.02 Å². The zero-order valence-corrected chi connectivity index (χ0v) is 20.9. The molecule has 2 aliphatic heterocycles. The van der Waals surface area contributed by atoms with Gasteiger partial charge in [-0.25, -0.2) is 12.8 Å². The Morgan fingerprint density at radius 3 is 2.50 bits per heavy atom. The Balaban J connectivity index is 1.52. The first kappa shape index (κ1) is 24.8. The number of nitrogens with zero attached hydrogens (tertiary/aromatic N) is 3. The minimum Gasteiger partial charge on any atom is -0.495 e. The van der Waals surface area contributed by atoms with Crippen molar-refractivity contribution in [1.82, 2.24) is 9.21 Å². The van der Waals surface area contributed by atoms with E-state index in [0.29, 0.717) is 56.6 Å². The SMILES string of the molecule is COc1ccc(S(=O)(=O)N2CCC[C@@H](C)C2)cc1N1CCN(C(=O)c2cc(F)ccc2Cl)CC1. The predicted molar refractivity (Wildman–Crippen MR) is 130 cm³/mol. The molecule has 0 saturated carbocycles. The van der Waals surface area contributed by atoms with Gasteiger partial charge in [0.25, 0.3) is 5.91 Å². The number of piperazine rings is 1. The monoisotopic (exact) mass is 509 g/mol. The van der Waals surface area contributed by atoms with Crippen LogP contribution in [-0.4, -0.2) is 69.9 Å². The van der Waals surface area contributed by atoms with E-state index in [9.17, 15) is 17.6 Å². The summed E-state index contributed by atoms with van der Waals surface area (Å²) in [5, 5.41) is 0.209. The lowest BCUT2D eigenvalue weighted by atomic mass is 10.0. The van der Waals surface area contributed by atoms with Gasteiger partial charge >= 0.3 is 0 Å². The van der Waals surface area contributed by atoms with Crippen LogP contribution < -0.4 is 9.64 Å². The molecule has 2 aliphatic rings. The summed E-state index contributed by atoms with van der Waals surface area (Å²) in [6.07, 6.45) is 1.89. The minimum absolute atomic E-state index is 0.136. The van der Waals surface area contributed by atoms with Crippen LogP contribution in [0, 0.1) is 11.7 Å². The molecule has 0 radical (unpaired) electrons. The average molecular weight is 510 g/mol. The maximum Gasteiger partial charge on any atom is 0.255 e. The van der Waals surface area contributed by atoms with Crippen molar-refractivity contribution in [2.24, 2.45) is 5.92 Å². The molecule has 0 aliphatic carbocycles. The van der Waals surface area contributed by atoms with E-state index in [4.69, 9.17) is 16.3 Å². The van der Waals surface area contributed by atoms with E-state index in [1.54, 1.807) is 34.5 Å². The van der Waals surface area contributed by atoms with Gasteiger partial charge in [-0.3, -0.25) is 4.79 Å². The van der Waals surface area contributed by atoms with Crippen LogP contribution in [0.1, 0.15) is 30.1 Å². The number of sulfonamides is 1. The molecule has 0 aromatic heterocycles. The summed E-state index contributed by atoms with van der Waals surface area (Å²) in [7, 11) is -2.07. The van der Waals surface area contributed by atoms with Crippen molar-refractivity contribution in [3.8, 4) is 5.75 Å². The molecule has 10 heteroatoms. The smallest absolute Gasteiger partial charge is 0.255 e. The largest absolute Gasteiger partial charge is 0.495 e. The van der Waals surface area contributed by atoms with Crippen LogP contribution in [0.15, 0.2) is 41.3 Å². The zero-order valence-electron chi connectivity index (χ0n) is 19.3. The zero-order chi connectivity index (χ0) is 24.5. The maximum absolute atomic E-state index is 13.6. The summed E-state index contributed by atoms with van der Waals surface area (Å²) in [6.45, 7) is 4.83. The highest BCUT2D eigenvalue weighted by atomic mass is 35.5. The molecule has 7 nitrogen and oxygen atoms in total. The van der Waals surface area contributed by atoms with Crippen molar-refractivity contribution >= 4 is 33.2 Å². The fourth-order valence-corrected chi connectivity index (χ4v) is 6.39. The number of ether oxygens (including phenoxy) is 1. The highest BCUT2D eigenvalue weighted by Gasteiger charge is 2.31. The number of methoxy groups -OCH3 is 1. The molecule has 34 heavy (non-hydrogen) atoms. The summed E-state index contributed by atoms with van der Waals surface area (Å²) in [5.41, 5.74) is 0.807. The molecule has 2 saturated heterocycles. The van der Waals surface area contributed by atoms with Crippen LogP contribution in [0.4, 0.5) is 10.1 Å². The molecule has 2 aromatic rings. The highest BCUT2D eigenvalue weighted by Crippen LogP contribution is 2.34. The fourth-order valence-electron chi connectivity index (χ4n) is 4.57. The number of halogens is 2. The van der Waals surface area contributed by atoms with Crippen molar-refractivity contribution in [2.75, 3.05) is 51.3 Å². The Bertz CT molecular complexity index is 1170. The van der Waals surface area contributed by atoms with Crippen molar-refractivity contribution in [2.45, 2.75) is 24.7 Å². The number of anilines is 1. The van der Waals surface area contributed by atoms with Gasteiger partial charge in [-0.15, -0.1) is 0 Å². The first-order valence-corrected chi connectivity index (χ1v) is 13.2. The summed E-state index contributed by atoms with van der Waals surface area (Å²) < 4.78 is 47.3. The first-order valence-electron chi connectivity index (χ1n) is 11.4. The van der Waals surface area contributed by atoms with E-state index >= 15 is 0 Å². The standard InChI is InChI=1S/C24H29ClFN3O4S/c1-17-4-3-9-29(16-17)34(31,32)19-6-8-23(33-2)22(15-19)27-10-12-28(13-11-27)24(30)20-14-18(26)5-7-21(20)25/h5-8,14-15,17H,3-4,9-13,16H2,1-2H3/t17-/m1/s1. The second-order valence-electron chi connectivity index (χ2n) is 8.85. The molecule has 2 aromatic carbocycles. The summed E-state index contributed by atoms with van der Waals surface area (Å²) in [6, 6.07) is 8.67. The third-order valence-electron chi connectivity index (χ3n) is 6.47. The van der Waals surface area contributed by atoms with Gasteiger partial charge < -0.3 is 14.5 Å². The third kappa shape index (κ3) is 5.01. The third-order valence-corrected chi connectivity index (χ3v) is 8.66. The molecule has 1 amide bonds. The van der Waals surface area contributed by atoms with Gasteiger partial charge in [0.2, 0.25) is 10.0 Å². The van der Waals surface area contributed by atoms with E-state index in [-0.39, 0.29) is 21.4 Å². The minimum atomic E-state index is -3.61. The van der Waals surface area contributed by atoms with Gasteiger partial charge in [-0.2, -0.15) is 4.31 Å². The Hall–Kier alpha value is -2.36. The Morgan fingerprint density at radius 2 is 1.82 bits per heavy atom. The van der Waals surface area contributed by atoms with E-state index in [1.165, 1.54) is 12.1 Å². The van der Waals surface area contributed by atoms with Crippen LogP contribution in [-0.2, 0) is 10.0 Å². The average Bonchev–Trinajstić information content (AvgIpc) is 2.84. The van der Waals surface area contributed by atoms with E-state index in [1.807, 2.05) is 4.90 Å². The molecular formula is C24H29ClFN3O4S. The van der Waals surface area contributed by atoms with Crippen molar-refractivity contribution in [3.05, 3.63) is 52.8 Å². The maximum atomic E-state index is 13.6. The number of hydrogen-bond donors (Lipinski definition) is 0. The second kappa shape index (κ2) is 10.1. The van der Waals surface area contributed by atoms with Crippen LogP contribution in [0.25, 0.3) is 0 Å². The number of hydrogen-bond acceptors (Lipinski definition) is 5. The van der Waals surface area contributed by atoms with Gasteiger partial charge in [-0.1, -0.05) is 18.5 Å². The lowest BCUT2D eigenvalue weighted by Gasteiger charge is -2.37. The number of piperidine rings is 1. The van der Waals surface area contributed by atoms with Gasteiger partial charge in [-0.05, 0) is 55.2 Å². The van der Waals surface area contributed by atoms with Crippen LogP contribution in [0.3, 0.4) is 0 Å². The molecule has 0 N–H and O–H groups in total. The lowest BCUT2D eigenvalue weighted by Crippen LogP contribution is -2.49. The molecule has 0 bridgehead atoms. The Morgan fingerprint density at radius 1 is 1.09 bits per heavy atom. The van der Waals surface area contributed by atoms with E-state index in [2.05, 4.69) is 6.92 Å². The van der Waals surface area contributed by atoms with E-state index in [0.717, 1.165) is 18.9 Å². The van der Waals surface area contributed by atoms with E-state index < -0.39 is 15.8 Å². The van der Waals surface area contributed by atoms with Crippen molar-refractivity contribution in [3.63, 3.8) is 0 Å². The summed E-state index contributed by atoms with van der Waals surface area (Å²) in [4.78, 5) is 16.7. The van der Waals surface area contributed by atoms with Gasteiger partial charge in [0.1, 0.15) is 11.6 Å². The summed E-state index contributed by atoms with van der Waals surface area (Å²) in [5.74, 6) is 0.0567. The Kier molecular flexibility index (Phi) is 7.35. The molecule has 0 spiro atoms. The van der Waals surface area contributed by atoms with Gasteiger partial charge in [0, 0.05) is 39.3 Å². The molecule has 1 atom stereocenters. The Labute approximate surface area is 205 Å². The number of amides is 1. The predicted octanol–water partition coefficient (Wildman–Crippen LogP) is 3.87. The molecule has 4 rings (SSSR count). The molecular weight excluding hydrogens is 481 g/mol. The topological polar surface area (TPSA) is 70.2 Å². The molecule has 2 fully saturated rings. The van der Waals surface area contributed by atoms with Crippen molar-refractivity contribution < 1.29 is 22.3 Å².